The van der Waals surface area contributed by atoms with Gasteiger partial charge in [0.05, 0.1) is 18.7 Å². The summed E-state index contributed by atoms with van der Waals surface area (Å²) in [6.45, 7) is 3.31. The summed E-state index contributed by atoms with van der Waals surface area (Å²) >= 11 is 0. The van der Waals surface area contributed by atoms with E-state index in [1.165, 1.54) is 25.0 Å². The zero-order valence-corrected chi connectivity index (χ0v) is 16.2. The van der Waals surface area contributed by atoms with Crippen molar-refractivity contribution in [2.45, 2.75) is 18.7 Å². The van der Waals surface area contributed by atoms with E-state index in [1.807, 2.05) is 6.07 Å². The predicted octanol–water partition coefficient (Wildman–Crippen LogP) is 2.21. The first-order valence-corrected chi connectivity index (χ1v) is 9.69. The third-order valence-corrected chi connectivity index (χ3v) is 5.39. The molecule has 27 heavy (non-hydrogen) atoms. The van der Waals surface area contributed by atoms with Crippen LogP contribution in [0.2, 0.25) is 0 Å². The molecule has 0 spiro atoms. The third kappa shape index (κ3) is 5.06. The van der Waals surface area contributed by atoms with Gasteiger partial charge in [0.15, 0.2) is 0 Å². The molecule has 0 bridgehead atoms. The Morgan fingerprint density at radius 2 is 2.00 bits per heavy atom. The topological polar surface area (TPSA) is 99.5 Å². The first-order valence-electron chi connectivity index (χ1n) is 8.21. The van der Waals surface area contributed by atoms with Crippen LogP contribution in [0.15, 0.2) is 47.4 Å². The average Bonchev–Trinajstić information content (AvgIpc) is 2.65. The quantitative estimate of drug-likeness (QED) is 0.785. The van der Waals surface area contributed by atoms with Crippen molar-refractivity contribution in [1.29, 1.82) is 5.26 Å². The van der Waals surface area contributed by atoms with Crippen molar-refractivity contribution < 1.29 is 17.9 Å². The number of methoxy groups -OCH3 is 1. The minimum absolute atomic E-state index is 0.00971. The molecule has 7 nitrogen and oxygen atoms in total. The highest BCUT2D eigenvalue weighted by molar-refractivity contribution is 7.89. The Morgan fingerprint density at radius 3 is 2.63 bits per heavy atom. The number of nitriles is 1. The summed E-state index contributed by atoms with van der Waals surface area (Å²) < 4.78 is 32.9. The number of ether oxygens (including phenoxy) is 1. The fraction of sp³-hybridized carbons (Fsp3) is 0.263. The summed E-state index contributed by atoms with van der Waals surface area (Å²) in [6.07, 6.45) is 0. The minimum Gasteiger partial charge on any atom is -0.495 e. The van der Waals surface area contributed by atoms with Crippen molar-refractivity contribution in [1.82, 2.24) is 4.72 Å². The number of rotatable bonds is 7. The SMILES string of the molecule is COc1ccc(C)cc1S(=O)(=O)NCCN(C(C)=O)c1cccc(C#N)c1. The predicted molar refractivity (Wildman–Crippen MR) is 102 cm³/mol. The number of hydrogen-bond donors (Lipinski definition) is 1. The zero-order valence-electron chi connectivity index (χ0n) is 15.4. The van der Waals surface area contributed by atoms with Gasteiger partial charge in [-0.2, -0.15) is 5.26 Å². The van der Waals surface area contributed by atoms with E-state index in [-0.39, 0.29) is 29.6 Å². The number of anilines is 1. The van der Waals surface area contributed by atoms with Crippen LogP contribution in [-0.2, 0) is 14.8 Å². The van der Waals surface area contributed by atoms with E-state index in [0.717, 1.165) is 5.56 Å². The summed E-state index contributed by atoms with van der Waals surface area (Å²) in [5, 5.41) is 9.01. The Labute approximate surface area is 159 Å². The maximum Gasteiger partial charge on any atom is 0.244 e. The lowest BCUT2D eigenvalue weighted by atomic mass is 10.2. The maximum atomic E-state index is 12.6. The number of sulfonamides is 1. The first-order chi connectivity index (χ1) is 12.8. The lowest BCUT2D eigenvalue weighted by Gasteiger charge is -2.21. The Bertz CT molecular complexity index is 981. The second-order valence-corrected chi connectivity index (χ2v) is 7.62. The molecule has 0 aliphatic heterocycles. The molecule has 0 saturated heterocycles. The van der Waals surface area contributed by atoms with Crippen molar-refractivity contribution in [2.75, 3.05) is 25.1 Å². The summed E-state index contributed by atoms with van der Waals surface area (Å²) in [4.78, 5) is 13.4. The van der Waals surface area contributed by atoms with Crippen LogP contribution in [-0.4, -0.2) is 34.5 Å². The average molecular weight is 387 g/mol. The van der Waals surface area contributed by atoms with Crippen LogP contribution in [0, 0.1) is 18.3 Å². The highest BCUT2D eigenvalue weighted by Crippen LogP contribution is 2.24. The van der Waals surface area contributed by atoms with Gasteiger partial charge in [-0.3, -0.25) is 4.79 Å². The van der Waals surface area contributed by atoms with Gasteiger partial charge in [-0.1, -0.05) is 12.1 Å². The van der Waals surface area contributed by atoms with E-state index in [1.54, 1.807) is 43.3 Å². The van der Waals surface area contributed by atoms with Crippen LogP contribution in [0.5, 0.6) is 5.75 Å². The zero-order chi connectivity index (χ0) is 20.0. The molecular formula is C19H21N3O4S. The van der Waals surface area contributed by atoms with Crippen molar-refractivity contribution in [3.8, 4) is 11.8 Å². The number of nitrogens with zero attached hydrogens (tertiary/aromatic N) is 2. The molecule has 2 rings (SSSR count). The van der Waals surface area contributed by atoms with Gasteiger partial charge in [-0.15, -0.1) is 0 Å². The second kappa shape index (κ2) is 8.66. The molecule has 8 heteroatoms. The number of nitrogens with one attached hydrogen (secondary N) is 1. The van der Waals surface area contributed by atoms with E-state index in [9.17, 15) is 13.2 Å². The molecule has 0 aromatic heterocycles. The van der Waals surface area contributed by atoms with Crippen molar-refractivity contribution in [2.24, 2.45) is 0 Å². The van der Waals surface area contributed by atoms with Gasteiger partial charge in [0.2, 0.25) is 15.9 Å². The number of amides is 1. The Kier molecular flexibility index (Phi) is 6.55. The fourth-order valence-electron chi connectivity index (χ4n) is 2.58. The molecule has 0 saturated carbocycles. The van der Waals surface area contributed by atoms with Gasteiger partial charge in [-0.05, 0) is 42.8 Å². The van der Waals surface area contributed by atoms with Gasteiger partial charge < -0.3 is 9.64 Å². The number of carbonyl (C=O) groups excluding carboxylic acids is 1. The molecule has 0 unspecified atom stereocenters. The van der Waals surface area contributed by atoms with E-state index in [2.05, 4.69) is 4.72 Å². The van der Waals surface area contributed by atoms with Crippen molar-refractivity contribution in [3.05, 3.63) is 53.6 Å². The Morgan fingerprint density at radius 1 is 1.26 bits per heavy atom. The molecule has 0 aliphatic carbocycles. The number of aryl methyl sites for hydroxylation is 1. The molecule has 2 aromatic carbocycles. The van der Waals surface area contributed by atoms with Crippen LogP contribution in [0.3, 0.4) is 0 Å². The number of carbonyl (C=O) groups is 1. The van der Waals surface area contributed by atoms with Crippen LogP contribution in [0.25, 0.3) is 0 Å². The molecule has 0 fully saturated rings. The normalized spacial score (nSPS) is 10.9. The Hall–Kier alpha value is -2.89. The van der Waals surface area contributed by atoms with Crippen LogP contribution >= 0.6 is 0 Å². The molecule has 0 radical (unpaired) electrons. The second-order valence-electron chi connectivity index (χ2n) is 5.88. The highest BCUT2D eigenvalue weighted by atomic mass is 32.2. The molecule has 1 amide bonds. The van der Waals surface area contributed by atoms with E-state index < -0.39 is 10.0 Å². The smallest absolute Gasteiger partial charge is 0.244 e. The van der Waals surface area contributed by atoms with Gasteiger partial charge in [0.1, 0.15) is 10.6 Å². The molecule has 0 atom stereocenters. The Balaban J connectivity index is 2.16. The minimum atomic E-state index is -3.81. The fourth-order valence-corrected chi connectivity index (χ4v) is 3.85. The van der Waals surface area contributed by atoms with Crippen LogP contribution < -0.4 is 14.4 Å². The van der Waals surface area contributed by atoms with Gasteiger partial charge in [0, 0.05) is 25.7 Å². The van der Waals surface area contributed by atoms with Gasteiger partial charge in [-0.25, -0.2) is 13.1 Å². The summed E-state index contributed by atoms with van der Waals surface area (Å²) in [5.41, 5.74) is 1.74. The molecule has 0 heterocycles. The molecular weight excluding hydrogens is 366 g/mol. The highest BCUT2D eigenvalue weighted by Gasteiger charge is 2.20. The summed E-state index contributed by atoms with van der Waals surface area (Å²) in [6, 6.07) is 13.5. The van der Waals surface area contributed by atoms with Crippen molar-refractivity contribution >= 4 is 21.6 Å². The molecule has 142 valence electrons. The maximum absolute atomic E-state index is 12.6. The molecule has 2 aromatic rings. The summed E-state index contributed by atoms with van der Waals surface area (Å²) in [5.74, 6) is -0.00401. The lowest BCUT2D eigenvalue weighted by molar-refractivity contribution is -0.116. The number of benzene rings is 2. The first kappa shape index (κ1) is 20.4. The standard InChI is InChI=1S/C19H21N3O4S/c1-14-7-8-18(26-3)19(11-14)27(24,25)21-9-10-22(15(2)23)17-6-4-5-16(12-17)13-20/h4-8,11-12,21H,9-10H2,1-3H3. The van der Waals surface area contributed by atoms with Gasteiger partial charge >= 0.3 is 0 Å². The molecule has 0 aliphatic rings. The van der Waals surface area contributed by atoms with Gasteiger partial charge in [0.25, 0.3) is 0 Å². The van der Waals surface area contributed by atoms with E-state index in [4.69, 9.17) is 10.00 Å². The number of hydrogen-bond acceptors (Lipinski definition) is 5. The third-order valence-electron chi connectivity index (χ3n) is 3.90. The van der Waals surface area contributed by atoms with E-state index >= 15 is 0 Å². The monoisotopic (exact) mass is 387 g/mol. The van der Waals surface area contributed by atoms with Crippen LogP contribution in [0.1, 0.15) is 18.1 Å². The molecule has 1 N–H and O–H groups in total. The van der Waals surface area contributed by atoms with E-state index in [0.29, 0.717) is 11.3 Å². The largest absolute Gasteiger partial charge is 0.495 e. The summed E-state index contributed by atoms with van der Waals surface area (Å²) in [7, 11) is -2.40. The van der Waals surface area contributed by atoms with Crippen molar-refractivity contribution in [3.63, 3.8) is 0 Å². The lowest BCUT2D eigenvalue weighted by Crippen LogP contribution is -2.37. The van der Waals surface area contributed by atoms with Crippen LogP contribution in [0.4, 0.5) is 5.69 Å².